The fourth-order valence-electron chi connectivity index (χ4n) is 3.10. The lowest BCUT2D eigenvalue weighted by atomic mass is 10.2. The van der Waals surface area contributed by atoms with Crippen LogP contribution in [0.5, 0.6) is 0 Å². The molecule has 2 atom stereocenters. The molecule has 0 bridgehead atoms. The monoisotopic (exact) mass is 450 g/mol. The fourth-order valence-corrected chi connectivity index (χ4v) is 7.60. The van der Waals surface area contributed by atoms with Gasteiger partial charge in [-0.3, -0.25) is 9.59 Å². The Labute approximate surface area is 170 Å². The fraction of sp³-hybridized carbons (Fsp3) is 0.438. The molecule has 2 saturated heterocycles. The van der Waals surface area contributed by atoms with E-state index < -0.39 is 27.8 Å². The Kier molecular flexibility index (Phi) is 6.05. The molecular formula is C16H16Cl2N2O5S2. The molecule has 1 amide bonds. The summed E-state index contributed by atoms with van der Waals surface area (Å²) in [5.74, 6) is -1.52. The third-order valence-electron chi connectivity index (χ3n) is 4.25. The number of carboxylic acids is 1. The largest absolute Gasteiger partial charge is 0.481 e. The summed E-state index contributed by atoms with van der Waals surface area (Å²) in [4.78, 5) is 28.5. The second-order valence-corrected chi connectivity index (χ2v) is 10.5. The number of aliphatic imine (C=N–C) groups is 1. The molecule has 2 fully saturated rings. The predicted molar refractivity (Wildman–Crippen MR) is 107 cm³/mol. The van der Waals surface area contributed by atoms with Crippen molar-refractivity contribution in [2.24, 2.45) is 4.99 Å². The van der Waals surface area contributed by atoms with Crippen LogP contribution in [-0.4, -0.2) is 53.4 Å². The van der Waals surface area contributed by atoms with E-state index in [1.807, 2.05) is 0 Å². The Morgan fingerprint density at radius 1 is 1.22 bits per heavy atom. The minimum atomic E-state index is -3.20. The summed E-state index contributed by atoms with van der Waals surface area (Å²) in [6.45, 7) is 0. The zero-order valence-electron chi connectivity index (χ0n) is 14.0. The smallest absolute Gasteiger partial charge is 0.303 e. The summed E-state index contributed by atoms with van der Waals surface area (Å²) in [5.41, 5.74) is 0.426. The van der Waals surface area contributed by atoms with E-state index in [9.17, 15) is 18.0 Å². The number of para-hydroxylation sites is 1. The number of amides is 1. The zero-order valence-corrected chi connectivity index (χ0v) is 17.1. The zero-order chi connectivity index (χ0) is 19.8. The second kappa shape index (κ2) is 7.98. The van der Waals surface area contributed by atoms with Crippen molar-refractivity contribution in [3.05, 3.63) is 28.2 Å². The number of thioether (sulfide) groups is 1. The molecule has 0 spiro atoms. The molecule has 2 heterocycles. The van der Waals surface area contributed by atoms with Gasteiger partial charge in [0.05, 0.1) is 33.3 Å². The summed E-state index contributed by atoms with van der Waals surface area (Å²) in [5, 5.41) is 9.41. The van der Waals surface area contributed by atoms with Gasteiger partial charge in [-0.1, -0.05) is 41.0 Å². The maximum absolute atomic E-state index is 12.2. The van der Waals surface area contributed by atoms with Crippen LogP contribution in [0.2, 0.25) is 10.0 Å². The minimum Gasteiger partial charge on any atom is -0.481 e. The molecule has 146 valence electrons. The molecule has 7 nitrogen and oxygen atoms in total. The lowest BCUT2D eigenvalue weighted by Crippen LogP contribution is -2.38. The number of carbonyl (C=O) groups excluding carboxylic acids is 1. The first-order chi connectivity index (χ1) is 12.7. The molecule has 2 aliphatic heterocycles. The predicted octanol–water partition coefficient (Wildman–Crippen LogP) is 2.85. The molecule has 2 aliphatic rings. The van der Waals surface area contributed by atoms with Crippen LogP contribution in [0.15, 0.2) is 23.2 Å². The number of amidine groups is 1. The first-order valence-corrected chi connectivity index (χ1v) is 11.6. The van der Waals surface area contributed by atoms with Crippen LogP contribution in [-0.2, 0) is 19.4 Å². The lowest BCUT2D eigenvalue weighted by Gasteiger charge is -2.26. The van der Waals surface area contributed by atoms with Gasteiger partial charge in [0.25, 0.3) is 0 Å². The van der Waals surface area contributed by atoms with E-state index in [0.29, 0.717) is 20.9 Å². The van der Waals surface area contributed by atoms with Gasteiger partial charge in [-0.25, -0.2) is 8.42 Å². The summed E-state index contributed by atoms with van der Waals surface area (Å²) < 4.78 is 24.1. The third kappa shape index (κ3) is 4.59. The minimum absolute atomic E-state index is 0.00587. The van der Waals surface area contributed by atoms with Gasteiger partial charge in [0.1, 0.15) is 0 Å². The average Bonchev–Trinajstić information content (AvgIpc) is 2.99. The van der Waals surface area contributed by atoms with Crippen LogP contribution in [0.1, 0.15) is 19.3 Å². The molecule has 11 heteroatoms. The maximum atomic E-state index is 12.2. The Hall–Kier alpha value is -1.29. The molecule has 1 aromatic carbocycles. The molecule has 0 aromatic heterocycles. The highest BCUT2D eigenvalue weighted by Crippen LogP contribution is 2.45. The van der Waals surface area contributed by atoms with Gasteiger partial charge in [0.15, 0.2) is 15.0 Å². The third-order valence-corrected chi connectivity index (χ3v) is 8.07. The Morgan fingerprint density at radius 2 is 1.89 bits per heavy atom. The maximum Gasteiger partial charge on any atom is 0.303 e. The highest BCUT2D eigenvalue weighted by molar-refractivity contribution is 8.16. The molecule has 1 N–H and O–H groups in total. The van der Waals surface area contributed by atoms with Gasteiger partial charge >= 0.3 is 5.97 Å². The standard InChI is InChI=1S/C16H16Cl2N2O5S2/c17-9-3-1-4-10(18)15(9)20-11-7-27(24,25)8-12(11)26-16(20)19-13(21)5-2-6-14(22)23/h1,3-4,11-12H,2,5-8H2,(H,22,23)/t11-,12-/m1/s1. The molecule has 3 rings (SSSR count). The van der Waals surface area contributed by atoms with E-state index in [4.69, 9.17) is 28.3 Å². The number of carboxylic acid groups (broad SMARTS) is 1. The summed E-state index contributed by atoms with van der Waals surface area (Å²) in [6.07, 6.45) is 0.0606. The van der Waals surface area contributed by atoms with E-state index in [0.717, 1.165) is 0 Å². The molecule has 0 saturated carbocycles. The van der Waals surface area contributed by atoms with Crippen molar-refractivity contribution in [1.82, 2.24) is 0 Å². The Balaban J connectivity index is 1.92. The molecule has 1 aromatic rings. The number of anilines is 1. The highest BCUT2D eigenvalue weighted by atomic mass is 35.5. The molecule has 27 heavy (non-hydrogen) atoms. The second-order valence-electron chi connectivity index (χ2n) is 6.28. The van der Waals surface area contributed by atoms with Crippen molar-refractivity contribution in [2.75, 3.05) is 16.4 Å². The molecule has 0 aliphatic carbocycles. The van der Waals surface area contributed by atoms with Gasteiger partial charge < -0.3 is 10.0 Å². The number of hydrogen-bond donors (Lipinski definition) is 1. The van der Waals surface area contributed by atoms with Gasteiger partial charge in [0, 0.05) is 18.1 Å². The van der Waals surface area contributed by atoms with Crippen molar-refractivity contribution < 1.29 is 23.1 Å². The van der Waals surface area contributed by atoms with E-state index in [1.165, 1.54) is 11.8 Å². The van der Waals surface area contributed by atoms with E-state index in [-0.39, 0.29) is 36.0 Å². The normalized spacial score (nSPS) is 25.0. The number of fused-ring (bicyclic) bond motifs is 1. The number of hydrogen-bond acceptors (Lipinski definition) is 5. The lowest BCUT2D eigenvalue weighted by molar-refractivity contribution is -0.137. The number of aliphatic carboxylic acids is 1. The van der Waals surface area contributed by atoms with E-state index in [1.54, 1.807) is 23.1 Å². The number of halogens is 2. The van der Waals surface area contributed by atoms with Crippen LogP contribution >= 0.6 is 35.0 Å². The number of nitrogens with zero attached hydrogens (tertiary/aromatic N) is 2. The Bertz CT molecular complexity index is 899. The summed E-state index contributed by atoms with van der Waals surface area (Å²) in [7, 11) is -3.20. The summed E-state index contributed by atoms with van der Waals surface area (Å²) >= 11 is 13.8. The van der Waals surface area contributed by atoms with E-state index >= 15 is 0 Å². The van der Waals surface area contributed by atoms with Crippen molar-refractivity contribution in [3.8, 4) is 0 Å². The van der Waals surface area contributed by atoms with Crippen molar-refractivity contribution in [1.29, 1.82) is 0 Å². The van der Waals surface area contributed by atoms with Crippen molar-refractivity contribution in [2.45, 2.75) is 30.6 Å². The number of sulfone groups is 1. The Morgan fingerprint density at radius 3 is 2.52 bits per heavy atom. The van der Waals surface area contributed by atoms with Crippen LogP contribution in [0, 0.1) is 0 Å². The molecular weight excluding hydrogens is 435 g/mol. The average molecular weight is 451 g/mol. The highest BCUT2D eigenvalue weighted by Gasteiger charge is 2.50. The topological polar surface area (TPSA) is 104 Å². The van der Waals surface area contributed by atoms with Crippen LogP contribution in [0.25, 0.3) is 0 Å². The number of rotatable bonds is 5. The number of benzene rings is 1. The van der Waals surface area contributed by atoms with Crippen LogP contribution in [0.4, 0.5) is 5.69 Å². The van der Waals surface area contributed by atoms with Crippen LogP contribution in [0.3, 0.4) is 0 Å². The first kappa shape index (κ1) is 20.4. The number of carbonyl (C=O) groups is 2. The summed E-state index contributed by atoms with van der Waals surface area (Å²) in [6, 6.07) is 4.53. The molecule has 0 radical (unpaired) electrons. The van der Waals surface area contributed by atoms with Crippen molar-refractivity contribution in [3.63, 3.8) is 0 Å². The van der Waals surface area contributed by atoms with Crippen molar-refractivity contribution >= 4 is 67.5 Å². The van der Waals surface area contributed by atoms with Crippen LogP contribution < -0.4 is 4.90 Å². The van der Waals surface area contributed by atoms with Gasteiger partial charge in [-0.15, -0.1) is 0 Å². The SMILES string of the molecule is O=C(O)CCCC(=O)N=C1S[C@@H]2CS(=O)(=O)C[C@H]2N1c1c(Cl)cccc1Cl. The van der Waals surface area contributed by atoms with Gasteiger partial charge in [-0.2, -0.15) is 4.99 Å². The van der Waals surface area contributed by atoms with Gasteiger partial charge in [-0.05, 0) is 18.6 Å². The van der Waals surface area contributed by atoms with E-state index in [2.05, 4.69) is 4.99 Å². The molecule has 0 unspecified atom stereocenters. The first-order valence-electron chi connectivity index (χ1n) is 8.11. The quantitative estimate of drug-likeness (QED) is 0.734. The van der Waals surface area contributed by atoms with Gasteiger partial charge in [0.2, 0.25) is 5.91 Å².